The molecule has 1 atom stereocenters. The Morgan fingerprint density at radius 2 is 1.74 bits per heavy atom. The van der Waals surface area contributed by atoms with E-state index in [9.17, 15) is 9.59 Å². The van der Waals surface area contributed by atoms with Crippen molar-refractivity contribution in [1.29, 1.82) is 0 Å². The van der Waals surface area contributed by atoms with Gasteiger partial charge in [0.05, 0.1) is 11.6 Å². The molecule has 27 heavy (non-hydrogen) atoms. The molecule has 3 rings (SSSR count). The quantitative estimate of drug-likeness (QED) is 0.644. The van der Waals surface area contributed by atoms with E-state index in [0.717, 1.165) is 5.56 Å². The minimum absolute atomic E-state index is 0.0747. The van der Waals surface area contributed by atoms with Crippen LogP contribution in [-0.2, 0) is 9.53 Å². The lowest BCUT2D eigenvalue weighted by Gasteiger charge is -2.45. The Balaban J connectivity index is 2.20. The first-order valence-electron chi connectivity index (χ1n) is 8.94. The summed E-state index contributed by atoms with van der Waals surface area (Å²) < 4.78 is 5.59. The van der Waals surface area contributed by atoms with Crippen LogP contribution in [0.3, 0.4) is 0 Å². The first kappa shape index (κ1) is 19.4. The Bertz CT molecular complexity index is 884. The van der Waals surface area contributed by atoms with Crippen molar-refractivity contribution in [2.75, 3.05) is 4.90 Å². The second kappa shape index (κ2) is 6.68. The lowest BCUT2D eigenvalue weighted by molar-refractivity contribution is -0.124. The molecule has 0 bridgehead atoms. The summed E-state index contributed by atoms with van der Waals surface area (Å²) in [5.74, 6) is -0.567. The number of amides is 1. The van der Waals surface area contributed by atoms with Crippen molar-refractivity contribution in [3.63, 3.8) is 0 Å². The minimum atomic E-state index is -1.07. The van der Waals surface area contributed by atoms with Gasteiger partial charge in [-0.1, -0.05) is 41.9 Å². The van der Waals surface area contributed by atoms with Crippen molar-refractivity contribution in [3.05, 3.63) is 64.7 Å². The molecule has 5 heteroatoms. The fraction of sp³-hybridized carbons (Fsp3) is 0.364. The van der Waals surface area contributed by atoms with E-state index in [-0.39, 0.29) is 5.78 Å². The number of rotatable bonds is 1. The monoisotopic (exact) mass is 385 g/mol. The lowest BCUT2D eigenvalue weighted by atomic mass is 9.75. The highest BCUT2D eigenvalue weighted by Crippen LogP contribution is 2.45. The number of halogens is 1. The number of hydrogen-bond donors (Lipinski definition) is 0. The van der Waals surface area contributed by atoms with Crippen LogP contribution in [0.2, 0.25) is 5.02 Å². The maximum atomic E-state index is 13.5. The second-order valence-corrected chi connectivity index (χ2v) is 8.72. The minimum Gasteiger partial charge on any atom is -0.443 e. The molecule has 0 aromatic heterocycles. The van der Waals surface area contributed by atoms with Crippen LogP contribution in [0.25, 0.3) is 0 Å². The van der Waals surface area contributed by atoms with Gasteiger partial charge in [0.1, 0.15) is 11.1 Å². The van der Waals surface area contributed by atoms with Crippen molar-refractivity contribution >= 4 is 29.2 Å². The number of carbonyl (C=O) groups excluding carboxylic acids is 2. The molecule has 0 spiro atoms. The number of nitrogens with zero attached hydrogens (tertiary/aromatic N) is 1. The molecular formula is C22H24ClNO3. The molecule has 0 N–H and O–H groups in total. The van der Waals surface area contributed by atoms with Crippen LogP contribution in [0, 0.1) is 0 Å². The van der Waals surface area contributed by atoms with Crippen LogP contribution in [0.15, 0.2) is 48.5 Å². The topological polar surface area (TPSA) is 46.6 Å². The van der Waals surface area contributed by atoms with Crippen LogP contribution in [-0.4, -0.2) is 23.0 Å². The second-order valence-electron chi connectivity index (χ2n) is 8.29. The van der Waals surface area contributed by atoms with Gasteiger partial charge in [-0.3, -0.25) is 9.69 Å². The maximum Gasteiger partial charge on any atom is 0.415 e. The van der Waals surface area contributed by atoms with Crippen LogP contribution in [0.4, 0.5) is 10.5 Å². The SMILES string of the molecule is CC(C)(C)OC(=O)N1c2ccc(Cl)cc2C(c2ccccc2)C(=O)C1(C)C. The highest BCUT2D eigenvalue weighted by Gasteiger charge is 2.50. The Hall–Kier alpha value is -2.33. The third-order valence-electron chi connectivity index (χ3n) is 4.67. The molecule has 0 fully saturated rings. The zero-order chi connectivity index (χ0) is 20.0. The smallest absolute Gasteiger partial charge is 0.415 e. The average Bonchev–Trinajstić information content (AvgIpc) is 2.55. The van der Waals surface area contributed by atoms with E-state index in [1.54, 1.807) is 52.8 Å². The van der Waals surface area contributed by atoms with Gasteiger partial charge in [-0.2, -0.15) is 0 Å². The van der Waals surface area contributed by atoms with Crippen LogP contribution < -0.4 is 4.90 Å². The van der Waals surface area contributed by atoms with Crippen molar-refractivity contribution in [2.24, 2.45) is 0 Å². The predicted octanol–water partition coefficient (Wildman–Crippen LogP) is 5.57. The Morgan fingerprint density at radius 3 is 2.33 bits per heavy atom. The largest absolute Gasteiger partial charge is 0.443 e. The number of Topliss-reactive ketones (excluding diaryl/α,β-unsaturated/α-hetero) is 1. The molecule has 1 amide bonds. The normalized spacial score (nSPS) is 18.8. The number of anilines is 1. The summed E-state index contributed by atoms with van der Waals surface area (Å²) in [6, 6.07) is 14.8. The standard InChI is InChI=1S/C22H24ClNO3/c1-21(2,3)27-20(26)24-17-12-11-15(23)13-16(17)18(19(25)22(24,4)5)14-9-7-6-8-10-14/h6-13,18H,1-5H3. The van der Waals surface area contributed by atoms with E-state index in [1.165, 1.54) is 4.90 Å². The lowest BCUT2D eigenvalue weighted by Crippen LogP contribution is -2.59. The summed E-state index contributed by atoms with van der Waals surface area (Å²) in [5.41, 5.74) is 0.502. The first-order chi connectivity index (χ1) is 12.5. The highest BCUT2D eigenvalue weighted by molar-refractivity contribution is 6.31. The molecule has 1 unspecified atom stereocenters. The van der Waals surface area contributed by atoms with Crippen LogP contribution >= 0.6 is 11.6 Å². The van der Waals surface area contributed by atoms with Crippen molar-refractivity contribution in [2.45, 2.75) is 51.7 Å². The molecule has 0 saturated heterocycles. The summed E-state index contributed by atoms with van der Waals surface area (Å²) in [7, 11) is 0. The first-order valence-corrected chi connectivity index (χ1v) is 9.32. The van der Waals surface area contributed by atoms with E-state index in [4.69, 9.17) is 16.3 Å². The molecule has 1 aliphatic rings. The number of ketones is 1. The van der Waals surface area contributed by atoms with Gasteiger partial charge >= 0.3 is 6.09 Å². The van der Waals surface area contributed by atoms with Gasteiger partial charge in [0.15, 0.2) is 5.78 Å². The zero-order valence-electron chi connectivity index (χ0n) is 16.2. The van der Waals surface area contributed by atoms with Crippen LogP contribution in [0.1, 0.15) is 51.7 Å². The van der Waals surface area contributed by atoms with E-state index in [0.29, 0.717) is 16.3 Å². The van der Waals surface area contributed by atoms with Gasteiger partial charge in [0.25, 0.3) is 0 Å². The molecule has 0 saturated carbocycles. The fourth-order valence-corrected chi connectivity index (χ4v) is 3.66. The fourth-order valence-electron chi connectivity index (χ4n) is 3.48. The number of fused-ring (bicyclic) bond motifs is 1. The van der Waals surface area contributed by atoms with E-state index < -0.39 is 23.2 Å². The van der Waals surface area contributed by atoms with Crippen molar-refractivity contribution < 1.29 is 14.3 Å². The van der Waals surface area contributed by atoms with Gasteiger partial charge in [-0.25, -0.2) is 4.79 Å². The third kappa shape index (κ3) is 3.59. The predicted molar refractivity (Wildman–Crippen MR) is 108 cm³/mol. The summed E-state index contributed by atoms with van der Waals surface area (Å²) in [5, 5.41) is 0.520. The number of ether oxygens (including phenoxy) is 1. The summed E-state index contributed by atoms with van der Waals surface area (Å²) >= 11 is 6.24. The molecule has 1 heterocycles. The van der Waals surface area contributed by atoms with Crippen molar-refractivity contribution in [1.82, 2.24) is 0 Å². The van der Waals surface area contributed by atoms with Crippen LogP contribution in [0.5, 0.6) is 0 Å². The Kier molecular flexibility index (Phi) is 4.81. The molecule has 0 radical (unpaired) electrons. The van der Waals surface area contributed by atoms with E-state index in [2.05, 4.69) is 0 Å². The van der Waals surface area contributed by atoms with Gasteiger partial charge in [0, 0.05) is 5.02 Å². The zero-order valence-corrected chi connectivity index (χ0v) is 17.0. The molecule has 2 aromatic carbocycles. The van der Waals surface area contributed by atoms with Gasteiger partial charge in [-0.15, -0.1) is 0 Å². The number of hydrogen-bond acceptors (Lipinski definition) is 3. The average molecular weight is 386 g/mol. The summed E-state index contributed by atoms with van der Waals surface area (Å²) in [4.78, 5) is 27.9. The maximum absolute atomic E-state index is 13.5. The molecule has 2 aromatic rings. The molecule has 142 valence electrons. The molecule has 1 aliphatic heterocycles. The number of benzene rings is 2. The summed E-state index contributed by atoms with van der Waals surface area (Å²) in [6.07, 6.45) is -0.545. The Labute approximate surface area is 165 Å². The van der Waals surface area contributed by atoms with Gasteiger partial charge in [0.2, 0.25) is 0 Å². The van der Waals surface area contributed by atoms with Gasteiger partial charge < -0.3 is 4.74 Å². The van der Waals surface area contributed by atoms with Crippen molar-refractivity contribution in [3.8, 4) is 0 Å². The van der Waals surface area contributed by atoms with E-state index >= 15 is 0 Å². The number of carbonyl (C=O) groups is 2. The van der Waals surface area contributed by atoms with Gasteiger partial charge in [-0.05, 0) is 63.9 Å². The highest BCUT2D eigenvalue weighted by atomic mass is 35.5. The van der Waals surface area contributed by atoms with E-state index in [1.807, 2.05) is 30.3 Å². The summed E-state index contributed by atoms with van der Waals surface area (Å²) in [6.45, 7) is 8.93. The molecule has 4 nitrogen and oxygen atoms in total. The Morgan fingerprint density at radius 1 is 1.11 bits per heavy atom. The molecule has 0 aliphatic carbocycles. The molecular weight excluding hydrogens is 362 g/mol. The third-order valence-corrected chi connectivity index (χ3v) is 4.91.